The van der Waals surface area contributed by atoms with Crippen LogP contribution in [0.4, 0.5) is 0 Å². The molecule has 1 heterocycles. The topological polar surface area (TPSA) is 106 Å². The molecule has 0 aliphatic rings. The fourth-order valence-electron chi connectivity index (χ4n) is 2.68. The van der Waals surface area contributed by atoms with E-state index in [2.05, 4.69) is 0 Å². The van der Waals surface area contributed by atoms with Crippen molar-refractivity contribution in [2.45, 2.75) is 45.5 Å². The van der Waals surface area contributed by atoms with Crippen molar-refractivity contribution in [2.75, 3.05) is 7.11 Å². The van der Waals surface area contributed by atoms with Gasteiger partial charge in [-0.3, -0.25) is 0 Å². The van der Waals surface area contributed by atoms with E-state index in [0.29, 0.717) is 5.39 Å². The van der Waals surface area contributed by atoms with E-state index in [4.69, 9.17) is 13.9 Å². The van der Waals surface area contributed by atoms with Gasteiger partial charge in [-0.15, -0.1) is 0 Å². The Labute approximate surface area is 156 Å². The van der Waals surface area contributed by atoms with Crippen LogP contribution in [-0.2, 0) is 9.53 Å². The number of allylic oxidation sites excluding steroid dienone is 1. The Kier molecular flexibility index (Phi) is 6.08. The number of carbonyl (C=O) groups excluding carboxylic acids is 1. The zero-order valence-electron chi connectivity index (χ0n) is 16.0. The smallest absolute Gasteiger partial charge is 0.336 e. The van der Waals surface area contributed by atoms with Crippen LogP contribution in [0.5, 0.6) is 5.75 Å². The maximum atomic E-state index is 12.0. The van der Waals surface area contributed by atoms with Crippen molar-refractivity contribution < 1.29 is 28.9 Å². The lowest BCUT2D eigenvalue weighted by atomic mass is 9.91. The highest BCUT2D eigenvalue weighted by Gasteiger charge is 2.38. The summed E-state index contributed by atoms with van der Waals surface area (Å²) in [4.78, 5) is 23.4. The van der Waals surface area contributed by atoms with E-state index in [1.54, 1.807) is 26.0 Å². The van der Waals surface area contributed by atoms with E-state index in [0.717, 1.165) is 5.57 Å². The molecule has 0 aliphatic carbocycles. The lowest BCUT2D eigenvalue weighted by Gasteiger charge is -2.33. The molecule has 0 spiro atoms. The molecule has 0 unspecified atom stereocenters. The Morgan fingerprint density at radius 3 is 2.48 bits per heavy atom. The summed E-state index contributed by atoms with van der Waals surface area (Å²) in [5.74, 6) is -0.441. The van der Waals surface area contributed by atoms with Gasteiger partial charge in [0.1, 0.15) is 17.4 Å². The maximum absolute atomic E-state index is 12.0. The molecule has 0 bridgehead atoms. The molecule has 2 aromatic rings. The van der Waals surface area contributed by atoms with Crippen LogP contribution in [-0.4, -0.2) is 35.0 Å². The van der Waals surface area contributed by atoms with E-state index in [1.807, 2.05) is 0 Å². The summed E-state index contributed by atoms with van der Waals surface area (Å²) in [5.41, 5.74) is -0.744. The summed E-state index contributed by atoms with van der Waals surface area (Å²) < 4.78 is 15.7. The molecule has 0 saturated carbocycles. The van der Waals surface area contributed by atoms with E-state index < -0.39 is 29.4 Å². The quantitative estimate of drug-likeness (QED) is 0.453. The van der Waals surface area contributed by atoms with Crippen LogP contribution < -0.4 is 10.4 Å². The minimum Gasteiger partial charge on any atom is -0.496 e. The highest BCUT2D eigenvalue weighted by molar-refractivity contribution is 5.83. The van der Waals surface area contributed by atoms with Gasteiger partial charge in [0.25, 0.3) is 0 Å². The van der Waals surface area contributed by atoms with Gasteiger partial charge in [-0.25, -0.2) is 9.59 Å². The van der Waals surface area contributed by atoms with Crippen LogP contribution in [0.25, 0.3) is 11.0 Å². The Morgan fingerprint density at radius 2 is 1.93 bits per heavy atom. The largest absolute Gasteiger partial charge is 0.496 e. The molecule has 0 fully saturated rings. The Morgan fingerprint density at radius 1 is 1.26 bits per heavy atom. The van der Waals surface area contributed by atoms with E-state index in [-0.39, 0.29) is 16.9 Å². The molecular weight excluding hydrogens is 352 g/mol. The average molecular weight is 376 g/mol. The van der Waals surface area contributed by atoms with Gasteiger partial charge in [-0.05, 0) is 39.8 Å². The van der Waals surface area contributed by atoms with Gasteiger partial charge < -0.3 is 24.1 Å². The van der Waals surface area contributed by atoms with Crippen molar-refractivity contribution in [3.8, 4) is 5.75 Å². The standard InChI is InChI=1S/C20H24O7/c1-11(2)8-17(22)27-19(20(3,4)24)18(23)13-9-12-6-7-16(21)26-14(12)10-15(13)25-5/h6-10,18-19,23-24H,1-5H3/t18-,19-/m0/s1. The fourth-order valence-corrected chi connectivity index (χ4v) is 2.68. The summed E-state index contributed by atoms with van der Waals surface area (Å²) in [6.45, 7) is 6.33. The summed E-state index contributed by atoms with van der Waals surface area (Å²) in [6.07, 6.45) is -1.37. The summed E-state index contributed by atoms with van der Waals surface area (Å²) in [7, 11) is 1.40. The second-order valence-corrected chi connectivity index (χ2v) is 7.06. The molecule has 27 heavy (non-hydrogen) atoms. The lowest BCUT2D eigenvalue weighted by Crippen LogP contribution is -2.43. The molecule has 0 amide bonds. The molecule has 2 atom stereocenters. The maximum Gasteiger partial charge on any atom is 0.336 e. The molecule has 0 saturated heterocycles. The van der Waals surface area contributed by atoms with Crippen molar-refractivity contribution in [3.63, 3.8) is 0 Å². The molecule has 146 valence electrons. The van der Waals surface area contributed by atoms with Gasteiger partial charge in [-0.2, -0.15) is 0 Å². The second-order valence-electron chi connectivity index (χ2n) is 7.06. The minimum atomic E-state index is -1.53. The fraction of sp³-hybridized carbons (Fsp3) is 0.400. The first kappa shape index (κ1) is 20.7. The number of esters is 1. The van der Waals surface area contributed by atoms with Gasteiger partial charge in [-0.1, -0.05) is 5.57 Å². The summed E-state index contributed by atoms with van der Waals surface area (Å²) >= 11 is 0. The van der Waals surface area contributed by atoms with Crippen LogP contribution in [0.2, 0.25) is 0 Å². The van der Waals surface area contributed by atoms with Crippen LogP contribution in [0, 0.1) is 0 Å². The number of hydrogen-bond donors (Lipinski definition) is 2. The van der Waals surface area contributed by atoms with Crippen LogP contribution in [0.3, 0.4) is 0 Å². The summed E-state index contributed by atoms with van der Waals surface area (Å²) in [6, 6.07) is 5.84. The first-order valence-corrected chi connectivity index (χ1v) is 8.40. The molecule has 7 heteroatoms. The SMILES string of the molecule is COc1cc2oc(=O)ccc2cc1[C@H](O)[C@H](OC(=O)C=C(C)C)C(C)(C)O. The number of carbonyl (C=O) groups is 1. The Balaban J connectivity index is 2.51. The van der Waals surface area contributed by atoms with E-state index >= 15 is 0 Å². The number of rotatable bonds is 6. The van der Waals surface area contributed by atoms with E-state index in [1.165, 1.54) is 39.2 Å². The molecule has 2 rings (SSSR count). The molecule has 0 radical (unpaired) electrons. The predicted octanol–water partition coefficient (Wildman–Crippen LogP) is 2.48. The molecule has 1 aromatic heterocycles. The monoisotopic (exact) mass is 376 g/mol. The van der Waals surface area contributed by atoms with Crippen molar-refractivity contribution in [2.24, 2.45) is 0 Å². The van der Waals surface area contributed by atoms with Gasteiger partial charge in [0.15, 0.2) is 6.10 Å². The molecule has 1 aromatic carbocycles. The Bertz CT molecular complexity index is 914. The zero-order chi connectivity index (χ0) is 20.4. The molecular formula is C20H24O7. The molecule has 0 aliphatic heterocycles. The highest BCUT2D eigenvalue weighted by Crippen LogP contribution is 2.35. The van der Waals surface area contributed by atoms with Crippen molar-refractivity contribution >= 4 is 16.9 Å². The zero-order valence-corrected chi connectivity index (χ0v) is 16.0. The number of ether oxygens (including phenoxy) is 2. The highest BCUT2D eigenvalue weighted by atomic mass is 16.6. The molecule has 7 nitrogen and oxygen atoms in total. The number of benzene rings is 1. The minimum absolute atomic E-state index is 0.233. The molecule has 2 N–H and O–H groups in total. The van der Waals surface area contributed by atoms with Gasteiger partial charge in [0, 0.05) is 29.2 Å². The third kappa shape index (κ3) is 4.96. The Hall–Kier alpha value is -2.64. The van der Waals surface area contributed by atoms with E-state index in [9.17, 15) is 19.8 Å². The second kappa shape index (κ2) is 7.94. The van der Waals surface area contributed by atoms with Crippen molar-refractivity contribution in [1.82, 2.24) is 0 Å². The number of hydrogen-bond acceptors (Lipinski definition) is 7. The lowest BCUT2D eigenvalue weighted by molar-refractivity contribution is -0.171. The van der Waals surface area contributed by atoms with Crippen LogP contribution in [0.1, 0.15) is 39.4 Å². The predicted molar refractivity (Wildman–Crippen MR) is 99.6 cm³/mol. The van der Waals surface area contributed by atoms with Crippen molar-refractivity contribution in [3.05, 3.63) is 51.9 Å². The number of aliphatic hydroxyl groups is 2. The number of fused-ring (bicyclic) bond motifs is 1. The van der Waals surface area contributed by atoms with Gasteiger partial charge in [0.05, 0.1) is 12.7 Å². The average Bonchev–Trinajstić information content (AvgIpc) is 2.56. The normalized spacial score (nSPS) is 13.7. The number of aliphatic hydroxyl groups excluding tert-OH is 1. The van der Waals surface area contributed by atoms with Gasteiger partial charge in [0.2, 0.25) is 0 Å². The van der Waals surface area contributed by atoms with Crippen LogP contribution >= 0.6 is 0 Å². The first-order valence-electron chi connectivity index (χ1n) is 8.40. The van der Waals surface area contributed by atoms with Crippen LogP contribution in [0.15, 0.2) is 45.1 Å². The summed E-state index contributed by atoms with van der Waals surface area (Å²) in [5, 5.41) is 21.9. The first-order chi connectivity index (χ1) is 12.5. The third-order valence-electron chi connectivity index (χ3n) is 3.92. The van der Waals surface area contributed by atoms with Gasteiger partial charge >= 0.3 is 11.6 Å². The third-order valence-corrected chi connectivity index (χ3v) is 3.92. The number of methoxy groups -OCH3 is 1. The van der Waals surface area contributed by atoms with Crippen molar-refractivity contribution in [1.29, 1.82) is 0 Å².